The molecule has 0 unspecified atom stereocenters. The molecule has 3 aromatic carbocycles. The number of anilines is 3. The summed E-state index contributed by atoms with van der Waals surface area (Å²) in [5, 5.41) is 19.5. The maximum atomic E-state index is 12.5. The summed E-state index contributed by atoms with van der Waals surface area (Å²) in [6.07, 6.45) is 27.7. The number of rotatable bonds is 9. The third-order valence-corrected chi connectivity index (χ3v) is 15.2. The van der Waals surface area contributed by atoms with Crippen molar-refractivity contribution in [3.8, 4) is 0 Å². The van der Waals surface area contributed by atoms with E-state index in [0.29, 0.717) is 75.6 Å². The fourth-order valence-corrected chi connectivity index (χ4v) is 10.3. The first kappa shape index (κ1) is 79.6. The summed E-state index contributed by atoms with van der Waals surface area (Å²) < 4.78 is 0. The predicted molar refractivity (Wildman–Crippen MR) is 394 cm³/mol. The summed E-state index contributed by atoms with van der Waals surface area (Å²) >= 11 is 0. The van der Waals surface area contributed by atoms with Gasteiger partial charge in [-0.2, -0.15) is 0 Å². The molecule has 0 saturated heterocycles. The Hall–Kier alpha value is -10.8. The predicted octanol–water partition coefficient (Wildman–Crippen LogP) is 12.2. The Balaban J connectivity index is 0.000000280. The summed E-state index contributed by atoms with van der Waals surface area (Å²) in [5.74, 6) is 1.91. The topological polar surface area (TPSA) is 285 Å². The number of nitrogens with zero attached hydrogens (tertiary/aromatic N) is 7. The van der Waals surface area contributed by atoms with Crippen LogP contribution < -0.4 is 27.0 Å². The van der Waals surface area contributed by atoms with Crippen molar-refractivity contribution in [3.05, 3.63) is 224 Å². The Morgan fingerprint density at radius 2 is 0.714 bits per heavy atom. The smallest absolute Gasteiger partial charge is 0.246 e. The second kappa shape index (κ2) is 44.0. The van der Waals surface area contributed by atoms with E-state index < -0.39 is 4.92 Å². The van der Waals surface area contributed by atoms with E-state index in [-0.39, 0.29) is 41.4 Å². The van der Waals surface area contributed by atoms with Crippen molar-refractivity contribution in [2.45, 2.75) is 106 Å². The van der Waals surface area contributed by atoms with Gasteiger partial charge in [-0.1, -0.05) is 151 Å². The lowest BCUT2D eigenvalue weighted by Gasteiger charge is -2.25. The number of nitrogens with one attached hydrogen (secondary N) is 4. The average molecular weight is 1330 g/mol. The highest BCUT2D eigenvalue weighted by Crippen LogP contribution is 2.28. The van der Waals surface area contributed by atoms with Crippen LogP contribution in [0, 0.1) is 10.1 Å². The largest absolute Gasteiger partial charge is 0.359 e. The third kappa shape index (κ3) is 26.8. The zero-order chi connectivity index (χ0) is 71.8. The van der Waals surface area contributed by atoms with E-state index in [1.807, 2.05) is 129 Å². The Morgan fingerprint density at radius 1 is 0.469 bits per heavy atom. The van der Waals surface area contributed by atoms with Crippen molar-refractivity contribution in [1.29, 1.82) is 0 Å². The third-order valence-electron chi connectivity index (χ3n) is 15.2. The van der Waals surface area contributed by atoms with Crippen LogP contribution in [0.3, 0.4) is 0 Å². The van der Waals surface area contributed by atoms with Gasteiger partial charge in [-0.25, -0.2) is 15.0 Å². The fraction of sp³-hybridized carbons (Fsp3) is 0.325. The highest BCUT2D eigenvalue weighted by atomic mass is 16.6. The van der Waals surface area contributed by atoms with Crippen LogP contribution in [0.5, 0.6) is 0 Å². The molecule has 0 aliphatic carbocycles. The minimum Gasteiger partial charge on any atom is -0.359 e. The number of fused-ring (bicyclic) bond motifs is 3. The van der Waals surface area contributed by atoms with Gasteiger partial charge in [-0.3, -0.25) is 43.7 Å². The van der Waals surface area contributed by atoms with Gasteiger partial charge in [0, 0.05) is 114 Å². The molecular formula is C77H96N12O9. The number of nitrogens with two attached hydrogens (primary N) is 1. The Bertz CT molecular complexity index is 3420. The Kier molecular flexibility index (Phi) is 35.8. The molecule has 6 aliphatic rings. The lowest BCUT2D eigenvalue weighted by atomic mass is 9.99. The van der Waals surface area contributed by atoms with E-state index >= 15 is 0 Å². The van der Waals surface area contributed by atoms with E-state index in [1.54, 1.807) is 62.1 Å². The second-order valence-electron chi connectivity index (χ2n) is 21.6. The van der Waals surface area contributed by atoms with Crippen LogP contribution in [-0.4, -0.2) is 136 Å². The molecule has 21 nitrogen and oxygen atoms in total. The summed E-state index contributed by atoms with van der Waals surface area (Å²) in [6.45, 7) is 17.5. The minimum absolute atomic E-state index is 0.00138. The van der Waals surface area contributed by atoms with Crippen molar-refractivity contribution in [3.63, 3.8) is 0 Å². The number of hydrogen-bond acceptors (Lipinski definition) is 13. The highest BCUT2D eigenvalue weighted by molar-refractivity contribution is 5.97. The molecule has 98 heavy (non-hydrogen) atoms. The number of hydrogen-bond donors (Lipinski definition) is 5. The van der Waals surface area contributed by atoms with Gasteiger partial charge in [0.15, 0.2) is 7.05 Å². The molecule has 12 rings (SSSR count). The van der Waals surface area contributed by atoms with Crippen molar-refractivity contribution < 1.29 is 38.5 Å². The van der Waals surface area contributed by atoms with Crippen molar-refractivity contribution in [2.24, 2.45) is 5.73 Å². The van der Waals surface area contributed by atoms with Crippen molar-refractivity contribution in [2.75, 3.05) is 76.4 Å². The molecule has 518 valence electrons. The van der Waals surface area contributed by atoms with E-state index in [4.69, 9.17) is 10.1 Å². The zero-order valence-electron chi connectivity index (χ0n) is 58.3. The summed E-state index contributed by atoms with van der Waals surface area (Å²) in [7, 11) is 3.99. The van der Waals surface area contributed by atoms with Crippen LogP contribution >= 0.6 is 0 Å². The average Bonchev–Trinajstić information content (AvgIpc) is 0.918. The quantitative estimate of drug-likeness (QED) is 0.0512. The monoisotopic (exact) mass is 1330 g/mol. The fourth-order valence-electron chi connectivity index (χ4n) is 10.3. The number of aryl methyl sites for hydroxylation is 3. The lowest BCUT2D eigenvalue weighted by molar-refractivity contribution is -0.445. The van der Waals surface area contributed by atoms with E-state index in [0.717, 1.165) is 79.3 Å². The number of nitro groups is 1. The van der Waals surface area contributed by atoms with Gasteiger partial charge < -0.3 is 41.7 Å². The molecule has 0 bridgehead atoms. The van der Waals surface area contributed by atoms with Gasteiger partial charge in [0.05, 0.1) is 0 Å². The summed E-state index contributed by atoms with van der Waals surface area (Å²) in [5.41, 5.74) is 17.7. The van der Waals surface area contributed by atoms with Crippen molar-refractivity contribution >= 4 is 93.8 Å². The number of pyridine rings is 3. The van der Waals surface area contributed by atoms with Crippen LogP contribution in [0.2, 0.25) is 0 Å². The van der Waals surface area contributed by atoms with Gasteiger partial charge in [0.1, 0.15) is 17.5 Å². The highest BCUT2D eigenvalue weighted by Gasteiger charge is 2.22. The second-order valence-corrected chi connectivity index (χ2v) is 21.6. The normalized spacial score (nSPS) is 14.6. The number of carbonyl (C=O) groups excluding carboxylic acids is 7. The van der Waals surface area contributed by atoms with Crippen molar-refractivity contribution in [1.82, 2.24) is 35.0 Å². The molecule has 3 aromatic heterocycles. The molecule has 9 heterocycles. The molecule has 21 heteroatoms. The van der Waals surface area contributed by atoms with Gasteiger partial charge in [-0.15, -0.1) is 0 Å². The van der Waals surface area contributed by atoms with Gasteiger partial charge >= 0.3 is 0 Å². The molecule has 6 aliphatic heterocycles. The van der Waals surface area contributed by atoms with E-state index in [9.17, 15) is 33.6 Å². The standard InChI is InChI=1S/3C22H21N3O2.C3H7NO.3C2H6.CH3NO2.CH5N/c3*26-20-8-7-19-14-16(15-23-22(19)24-20)6-9-21(27)25-12-10-18(11-13-25)17-4-2-1-3-5-17;1-3(5)4-2;3*1-2;1-2(3)4;1-2/h3*1-6,9-10,14-15H,7-8,11-13H2,(H,23,24,26);1-2H3,(H,4,5);3*1-2H3;1H3;2H2,1H3/b3*9-6+;;;;;;. The minimum atomic E-state index is -0.500. The molecule has 6 N–H and O–H groups in total. The summed E-state index contributed by atoms with van der Waals surface area (Å²) in [4.78, 5) is 108. The first-order valence-corrected chi connectivity index (χ1v) is 33.4. The van der Waals surface area contributed by atoms with Crippen LogP contribution in [0.1, 0.15) is 137 Å². The van der Waals surface area contributed by atoms with Gasteiger partial charge in [0.2, 0.25) is 41.4 Å². The van der Waals surface area contributed by atoms with Gasteiger partial charge in [0.25, 0.3) is 0 Å². The molecular weight excluding hydrogens is 1240 g/mol. The summed E-state index contributed by atoms with van der Waals surface area (Å²) in [6, 6.07) is 36.8. The number of aromatic nitrogens is 3. The Labute approximate surface area is 577 Å². The molecule has 6 aromatic rings. The van der Waals surface area contributed by atoms with Crippen LogP contribution in [0.4, 0.5) is 17.5 Å². The first-order chi connectivity index (χ1) is 47.6. The van der Waals surface area contributed by atoms with Crippen LogP contribution in [0.15, 0.2) is 164 Å². The van der Waals surface area contributed by atoms with E-state index in [1.165, 1.54) is 47.4 Å². The lowest BCUT2D eigenvalue weighted by Crippen LogP contribution is -2.33. The number of benzene rings is 3. The zero-order valence-corrected chi connectivity index (χ0v) is 58.3. The number of carbonyl (C=O) groups is 7. The van der Waals surface area contributed by atoms with Crippen LogP contribution in [-0.2, 0) is 52.8 Å². The maximum Gasteiger partial charge on any atom is 0.246 e. The first-order valence-electron chi connectivity index (χ1n) is 33.4. The molecule has 0 radical (unpaired) electrons. The van der Waals surface area contributed by atoms with Crippen LogP contribution in [0.25, 0.3) is 34.9 Å². The van der Waals surface area contributed by atoms with Gasteiger partial charge in [-0.05, 0) is 149 Å². The SMILES string of the molecule is CC.CC.CC.CN.CNC(C)=O.C[N+](=O)[O-].O=C1CCc2cc(/C=C/C(=O)N3CC=C(c4ccccc4)CC3)cnc2N1.O=C1CCc2cc(/C=C/C(=O)N3CC=C(c4ccccc4)CC3)cnc2N1.O=C1CCc2cc(/C=C/C(=O)N3CC=C(c4ccccc4)CC3)cnc2N1. The molecule has 0 atom stereocenters. The maximum absolute atomic E-state index is 12.5. The molecule has 0 spiro atoms. The molecule has 7 amide bonds. The Morgan fingerprint density at radius 3 is 0.929 bits per heavy atom. The number of amides is 7. The molecule has 0 saturated carbocycles. The molecule has 0 fully saturated rings. The van der Waals surface area contributed by atoms with E-state index in [2.05, 4.69) is 96.6 Å².